The number of hydrogen-bond acceptors (Lipinski definition) is 7. The van der Waals surface area contributed by atoms with E-state index in [4.69, 9.17) is 22.3 Å². The molecule has 0 aromatic heterocycles. The van der Waals surface area contributed by atoms with E-state index in [0.717, 1.165) is 0 Å². The first kappa shape index (κ1) is 27.3. The highest BCUT2D eigenvalue weighted by molar-refractivity contribution is 5.95. The molecule has 0 aromatic rings. The highest BCUT2D eigenvalue weighted by Gasteiger charge is 2.29. The minimum Gasteiger partial charge on any atom is -0.480 e. The van der Waals surface area contributed by atoms with Gasteiger partial charge < -0.3 is 38.3 Å². The van der Waals surface area contributed by atoms with Gasteiger partial charge in [-0.2, -0.15) is 0 Å². The van der Waals surface area contributed by atoms with E-state index in [0.29, 0.717) is 25.8 Å². The third kappa shape index (κ3) is 12.0. The molecule has 12 heteroatoms. The van der Waals surface area contributed by atoms with E-state index in [1.165, 1.54) is 0 Å². The van der Waals surface area contributed by atoms with Crippen LogP contribution in [0.5, 0.6) is 0 Å². The van der Waals surface area contributed by atoms with Gasteiger partial charge in [0.25, 0.3) is 0 Å². The van der Waals surface area contributed by atoms with Crippen LogP contribution >= 0.6 is 0 Å². The molecule has 4 amide bonds. The van der Waals surface area contributed by atoms with Crippen molar-refractivity contribution in [1.29, 1.82) is 0 Å². The summed E-state index contributed by atoms with van der Waals surface area (Å²) in [5, 5.41) is 15.7. The number of nitrogens with two attached hydrogens (primary N) is 3. The first-order chi connectivity index (χ1) is 14.0. The maximum absolute atomic E-state index is 12.7. The minimum absolute atomic E-state index is 0.174. The molecule has 0 fully saturated rings. The second-order valence-corrected chi connectivity index (χ2v) is 7.42. The van der Waals surface area contributed by atoms with Gasteiger partial charge in [-0.1, -0.05) is 13.8 Å². The van der Waals surface area contributed by atoms with Crippen LogP contribution in [-0.4, -0.2) is 65.9 Å². The van der Waals surface area contributed by atoms with Crippen molar-refractivity contribution in [3.05, 3.63) is 0 Å². The van der Waals surface area contributed by atoms with Crippen LogP contribution in [-0.2, 0) is 24.0 Å². The number of carboxylic acids is 1. The molecular formula is C18H34N6O6. The van der Waals surface area contributed by atoms with Crippen LogP contribution in [0.2, 0.25) is 0 Å². The monoisotopic (exact) mass is 430 g/mol. The quantitative estimate of drug-likeness (QED) is 0.138. The standard InChI is InChI=1S/C18H34N6O6/c1-10(2)7-11(20)16(28)23-12(5-3-4-6-19)18(30)24-13(8-14(21)25)17(29)22-9-15(26)27/h10-13H,3-9,19-20H2,1-2H3,(H2,21,25)(H,22,29)(H,23,28)(H,24,30)(H,26,27). The van der Waals surface area contributed by atoms with E-state index in [-0.39, 0.29) is 12.3 Å². The van der Waals surface area contributed by atoms with Gasteiger partial charge in [-0.25, -0.2) is 0 Å². The Morgan fingerprint density at radius 2 is 1.53 bits per heavy atom. The molecule has 172 valence electrons. The van der Waals surface area contributed by atoms with Crippen molar-refractivity contribution in [1.82, 2.24) is 16.0 Å². The van der Waals surface area contributed by atoms with Gasteiger partial charge in [-0.05, 0) is 38.1 Å². The number of carbonyl (C=O) groups is 5. The Balaban J connectivity index is 5.25. The maximum atomic E-state index is 12.7. The van der Waals surface area contributed by atoms with Crippen molar-refractivity contribution in [2.45, 2.75) is 64.1 Å². The van der Waals surface area contributed by atoms with Crippen molar-refractivity contribution >= 4 is 29.6 Å². The summed E-state index contributed by atoms with van der Waals surface area (Å²) in [6.45, 7) is 3.52. The zero-order valence-corrected chi connectivity index (χ0v) is 17.5. The fourth-order valence-corrected chi connectivity index (χ4v) is 2.62. The van der Waals surface area contributed by atoms with Crippen LogP contribution in [0.25, 0.3) is 0 Å². The van der Waals surface area contributed by atoms with Gasteiger partial charge in [0.15, 0.2) is 0 Å². The van der Waals surface area contributed by atoms with E-state index in [1.54, 1.807) is 0 Å². The summed E-state index contributed by atoms with van der Waals surface area (Å²) in [7, 11) is 0. The molecule has 0 saturated carbocycles. The first-order valence-electron chi connectivity index (χ1n) is 9.82. The molecule has 0 aliphatic rings. The molecule has 3 unspecified atom stereocenters. The molecule has 10 N–H and O–H groups in total. The number of carboxylic acid groups (broad SMARTS) is 1. The van der Waals surface area contributed by atoms with Crippen molar-refractivity contribution in [3.8, 4) is 0 Å². The summed E-state index contributed by atoms with van der Waals surface area (Å²) in [4.78, 5) is 59.1. The van der Waals surface area contributed by atoms with Crippen molar-refractivity contribution in [2.75, 3.05) is 13.1 Å². The van der Waals surface area contributed by atoms with Gasteiger partial charge >= 0.3 is 5.97 Å². The third-order valence-corrected chi connectivity index (χ3v) is 4.09. The summed E-state index contributed by atoms with van der Waals surface area (Å²) >= 11 is 0. The Kier molecular flexibility index (Phi) is 13.0. The Hall–Kier alpha value is -2.73. The van der Waals surface area contributed by atoms with Gasteiger partial charge in [-0.15, -0.1) is 0 Å². The molecule has 0 radical (unpaired) electrons. The topological polar surface area (TPSA) is 220 Å². The Morgan fingerprint density at radius 1 is 0.933 bits per heavy atom. The highest BCUT2D eigenvalue weighted by Crippen LogP contribution is 2.06. The maximum Gasteiger partial charge on any atom is 0.322 e. The number of carbonyl (C=O) groups excluding carboxylic acids is 4. The van der Waals surface area contributed by atoms with Crippen molar-refractivity contribution in [2.24, 2.45) is 23.1 Å². The molecule has 0 saturated heterocycles. The third-order valence-electron chi connectivity index (χ3n) is 4.09. The predicted molar refractivity (Wildman–Crippen MR) is 109 cm³/mol. The zero-order chi connectivity index (χ0) is 23.3. The summed E-state index contributed by atoms with van der Waals surface area (Å²) in [6, 6.07) is -3.20. The van der Waals surface area contributed by atoms with E-state index in [1.807, 2.05) is 13.8 Å². The van der Waals surface area contributed by atoms with Crippen LogP contribution in [0.3, 0.4) is 0 Å². The Bertz CT molecular complexity index is 612. The molecular weight excluding hydrogens is 396 g/mol. The fourth-order valence-electron chi connectivity index (χ4n) is 2.62. The molecule has 0 aliphatic heterocycles. The number of nitrogens with one attached hydrogen (secondary N) is 3. The number of amides is 4. The fraction of sp³-hybridized carbons (Fsp3) is 0.722. The van der Waals surface area contributed by atoms with Crippen LogP contribution < -0.4 is 33.2 Å². The first-order valence-corrected chi connectivity index (χ1v) is 9.82. The Labute approximate surface area is 175 Å². The van der Waals surface area contributed by atoms with Crippen molar-refractivity contribution < 1.29 is 29.1 Å². The lowest BCUT2D eigenvalue weighted by Gasteiger charge is -2.24. The lowest BCUT2D eigenvalue weighted by Crippen LogP contribution is -2.56. The molecule has 0 heterocycles. The smallest absolute Gasteiger partial charge is 0.322 e. The second-order valence-electron chi connectivity index (χ2n) is 7.42. The van der Waals surface area contributed by atoms with Gasteiger partial charge in [0, 0.05) is 0 Å². The van der Waals surface area contributed by atoms with E-state index < -0.39 is 60.7 Å². The summed E-state index contributed by atoms with van der Waals surface area (Å²) in [6.07, 6.45) is 1.27. The lowest BCUT2D eigenvalue weighted by molar-refractivity contribution is -0.138. The molecule has 0 rings (SSSR count). The predicted octanol–water partition coefficient (Wildman–Crippen LogP) is -2.47. The number of hydrogen-bond donors (Lipinski definition) is 7. The highest BCUT2D eigenvalue weighted by atomic mass is 16.4. The second kappa shape index (κ2) is 14.3. The normalized spacial score (nSPS) is 13.8. The number of rotatable bonds is 15. The summed E-state index contributed by atoms with van der Waals surface area (Å²) in [5.74, 6) is -4.10. The molecule has 0 spiro atoms. The van der Waals surface area contributed by atoms with Crippen LogP contribution in [0.15, 0.2) is 0 Å². The van der Waals surface area contributed by atoms with Crippen LogP contribution in [0, 0.1) is 5.92 Å². The molecule has 0 aromatic carbocycles. The number of primary amides is 1. The van der Waals surface area contributed by atoms with Gasteiger partial charge in [-0.3, -0.25) is 24.0 Å². The molecule has 0 bridgehead atoms. The lowest BCUT2D eigenvalue weighted by atomic mass is 10.0. The molecule has 12 nitrogen and oxygen atoms in total. The summed E-state index contributed by atoms with van der Waals surface area (Å²) < 4.78 is 0. The SMILES string of the molecule is CC(C)CC(N)C(=O)NC(CCCCN)C(=O)NC(CC(N)=O)C(=O)NCC(=O)O. The van der Waals surface area contributed by atoms with E-state index >= 15 is 0 Å². The number of unbranched alkanes of at least 4 members (excludes halogenated alkanes) is 1. The Morgan fingerprint density at radius 3 is 2.03 bits per heavy atom. The number of aliphatic carboxylic acids is 1. The summed E-state index contributed by atoms with van der Waals surface area (Å²) in [5.41, 5.74) is 16.4. The molecule has 0 aliphatic carbocycles. The van der Waals surface area contributed by atoms with Crippen LogP contribution in [0.4, 0.5) is 0 Å². The van der Waals surface area contributed by atoms with Crippen molar-refractivity contribution in [3.63, 3.8) is 0 Å². The van der Waals surface area contributed by atoms with E-state index in [9.17, 15) is 24.0 Å². The minimum atomic E-state index is -1.38. The average Bonchev–Trinajstić information content (AvgIpc) is 2.63. The van der Waals surface area contributed by atoms with Gasteiger partial charge in [0.2, 0.25) is 23.6 Å². The van der Waals surface area contributed by atoms with Crippen LogP contribution in [0.1, 0.15) is 46.0 Å². The molecule has 30 heavy (non-hydrogen) atoms. The van der Waals surface area contributed by atoms with Gasteiger partial charge in [0.05, 0.1) is 12.5 Å². The largest absolute Gasteiger partial charge is 0.480 e. The molecule has 3 atom stereocenters. The van der Waals surface area contributed by atoms with E-state index in [2.05, 4.69) is 16.0 Å². The average molecular weight is 431 g/mol. The zero-order valence-electron chi connectivity index (χ0n) is 17.5. The van der Waals surface area contributed by atoms with Gasteiger partial charge in [0.1, 0.15) is 18.6 Å².